The van der Waals surface area contributed by atoms with Crippen molar-refractivity contribution in [1.29, 1.82) is 0 Å². The zero-order chi connectivity index (χ0) is 19.8. The summed E-state index contributed by atoms with van der Waals surface area (Å²) in [4.78, 5) is 0. The van der Waals surface area contributed by atoms with Crippen molar-refractivity contribution in [2.75, 3.05) is 0 Å². The Morgan fingerprint density at radius 1 is 0.448 bits per heavy atom. The van der Waals surface area contributed by atoms with Gasteiger partial charge in [-0.1, -0.05) is 122 Å². The molecule has 0 amide bonds. The molecule has 0 N–H and O–H groups in total. The van der Waals surface area contributed by atoms with Crippen molar-refractivity contribution in [3.05, 3.63) is 108 Å². The van der Waals surface area contributed by atoms with Crippen LogP contribution in [-0.4, -0.2) is 8.07 Å². The van der Waals surface area contributed by atoms with Crippen LogP contribution < -0.4 is 10.4 Å². The molecule has 29 heavy (non-hydrogen) atoms. The van der Waals surface area contributed by atoms with Crippen molar-refractivity contribution in [3.63, 3.8) is 0 Å². The number of fused-ring (bicyclic) bond motifs is 2. The third-order valence-electron chi connectivity index (χ3n) is 6.11. The molecule has 0 bridgehead atoms. The lowest BCUT2D eigenvalue weighted by atomic mass is 10.0. The summed E-state index contributed by atoms with van der Waals surface area (Å²) in [6.07, 6.45) is 4.60. The first-order valence-electron chi connectivity index (χ1n) is 10.2. The van der Waals surface area contributed by atoms with Crippen LogP contribution >= 0.6 is 0 Å². The molecule has 4 aromatic carbocycles. The van der Waals surface area contributed by atoms with Gasteiger partial charge in [0.15, 0.2) is 0 Å². The van der Waals surface area contributed by atoms with Gasteiger partial charge in [-0.2, -0.15) is 0 Å². The molecule has 5 rings (SSSR count). The van der Waals surface area contributed by atoms with Crippen LogP contribution in [0.3, 0.4) is 0 Å². The molecule has 0 nitrogen and oxygen atoms in total. The first-order chi connectivity index (χ1) is 14.1. The zero-order valence-electron chi connectivity index (χ0n) is 16.9. The minimum absolute atomic E-state index is 1.28. The Bertz CT molecular complexity index is 1110. The van der Waals surface area contributed by atoms with Gasteiger partial charge < -0.3 is 0 Å². The normalized spacial score (nSPS) is 14.0. The molecular formula is C28H24Si. The molecule has 0 atom stereocenters. The minimum atomic E-state index is -1.87. The molecule has 0 saturated heterocycles. The van der Waals surface area contributed by atoms with Crippen LogP contribution in [-0.2, 0) is 0 Å². The van der Waals surface area contributed by atoms with Gasteiger partial charge in [-0.15, -0.1) is 0 Å². The number of hydrogen-bond acceptors (Lipinski definition) is 0. The number of rotatable bonds is 2. The molecule has 0 saturated carbocycles. The van der Waals surface area contributed by atoms with Crippen molar-refractivity contribution < 1.29 is 0 Å². The summed E-state index contributed by atoms with van der Waals surface area (Å²) in [5, 5.41) is 3.03. The number of benzene rings is 4. The molecule has 0 radical (unpaired) electrons. The third-order valence-corrected chi connectivity index (χ3v) is 9.67. The van der Waals surface area contributed by atoms with E-state index >= 15 is 0 Å². The van der Waals surface area contributed by atoms with Crippen LogP contribution in [0.15, 0.2) is 97.1 Å². The van der Waals surface area contributed by atoms with Crippen LogP contribution in [0.25, 0.3) is 34.4 Å². The average molecular weight is 389 g/mol. The van der Waals surface area contributed by atoms with E-state index in [4.69, 9.17) is 0 Å². The Kier molecular flexibility index (Phi) is 4.33. The van der Waals surface area contributed by atoms with E-state index in [1.54, 1.807) is 0 Å². The van der Waals surface area contributed by atoms with Gasteiger partial charge in [-0.25, -0.2) is 0 Å². The molecule has 1 aliphatic rings. The van der Waals surface area contributed by atoms with Crippen LogP contribution in [0, 0.1) is 0 Å². The minimum Gasteiger partial charge on any atom is -0.0622 e. The second kappa shape index (κ2) is 7.02. The topological polar surface area (TPSA) is 0 Å². The van der Waals surface area contributed by atoms with Gasteiger partial charge >= 0.3 is 0 Å². The Balaban J connectivity index is 1.68. The fourth-order valence-corrected chi connectivity index (χ4v) is 7.53. The van der Waals surface area contributed by atoms with E-state index in [9.17, 15) is 0 Å². The van der Waals surface area contributed by atoms with Gasteiger partial charge in [-0.3, -0.25) is 0 Å². The van der Waals surface area contributed by atoms with E-state index in [0.717, 1.165) is 0 Å². The van der Waals surface area contributed by atoms with Gasteiger partial charge in [0.05, 0.1) is 0 Å². The lowest BCUT2D eigenvalue weighted by Gasteiger charge is -2.27. The Morgan fingerprint density at radius 2 is 0.862 bits per heavy atom. The Hall–Kier alpha value is -3.16. The summed E-state index contributed by atoms with van der Waals surface area (Å²) in [5.74, 6) is 0. The van der Waals surface area contributed by atoms with Gasteiger partial charge in [0.1, 0.15) is 8.07 Å². The smallest absolute Gasteiger partial charge is 0.0622 e. The van der Waals surface area contributed by atoms with Crippen molar-refractivity contribution in [3.8, 4) is 22.3 Å². The second-order valence-corrected chi connectivity index (χ2v) is 12.6. The lowest BCUT2D eigenvalue weighted by Crippen LogP contribution is -2.54. The summed E-state index contributed by atoms with van der Waals surface area (Å²) in [6.45, 7) is 4.97. The molecule has 0 aliphatic carbocycles. The van der Waals surface area contributed by atoms with Gasteiger partial charge in [0.25, 0.3) is 0 Å². The predicted molar refractivity (Wildman–Crippen MR) is 129 cm³/mol. The van der Waals surface area contributed by atoms with Crippen LogP contribution in [0.2, 0.25) is 13.1 Å². The highest BCUT2D eigenvalue weighted by molar-refractivity contribution is 7.01. The van der Waals surface area contributed by atoms with E-state index in [-0.39, 0.29) is 0 Å². The lowest BCUT2D eigenvalue weighted by molar-refractivity contribution is 1.60. The number of hydrogen-bond donors (Lipinski definition) is 0. The molecule has 140 valence electrons. The quantitative estimate of drug-likeness (QED) is 0.352. The standard InChI is InChI=1S/C28H24Si/c1-29(2)27-19-25(21-9-5-3-6-10-21)17-15-23(27)13-14-24-16-18-26(20-28(24)29)22-11-7-4-8-12-22/h3-20H,1-2H3. The second-order valence-electron chi connectivity index (χ2n) is 8.29. The highest BCUT2D eigenvalue weighted by atomic mass is 28.3. The van der Waals surface area contributed by atoms with E-state index in [0.29, 0.717) is 0 Å². The highest BCUT2D eigenvalue weighted by Crippen LogP contribution is 2.26. The van der Waals surface area contributed by atoms with E-state index < -0.39 is 8.07 Å². The van der Waals surface area contributed by atoms with Gasteiger partial charge in [-0.05, 0) is 43.8 Å². The summed E-state index contributed by atoms with van der Waals surface area (Å²) in [6, 6.07) is 35.4. The maximum absolute atomic E-state index is 2.49. The third kappa shape index (κ3) is 3.18. The predicted octanol–water partition coefficient (Wildman–Crippen LogP) is 6.33. The highest BCUT2D eigenvalue weighted by Gasteiger charge is 2.32. The molecule has 0 fully saturated rings. The summed E-state index contributed by atoms with van der Waals surface area (Å²) >= 11 is 0. The fraction of sp³-hybridized carbons (Fsp3) is 0.0714. The maximum atomic E-state index is 2.49. The van der Waals surface area contributed by atoms with Crippen LogP contribution in [0.4, 0.5) is 0 Å². The maximum Gasteiger partial charge on any atom is 0.113 e. The molecule has 1 heterocycles. The molecule has 0 aromatic heterocycles. The van der Waals surface area contributed by atoms with Crippen molar-refractivity contribution in [2.24, 2.45) is 0 Å². The van der Waals surface area contributed by atoms with E-state index in [2.05, 4.69) is 122 Å². The largest absolute Gasteiger partial charge is 0.113 e. The molecule has 1 aliphatic heterocycles. The van der Waals surface area contributed by atoms with Gasteiger partial charge in [0.2, 0.25) is 0 Å². The summed E-state index contributed by atoms with van der Waals surface area (Å²) in [7, 11) is -1.87. The average Bonchev–Trinajstić information content (AvgIpc) is 2.89. The van der Waals surface area contributed by atoms with Crippen molar-refractivity contribution >= 4 is 30.6 Å². The van der Waals surface area contributed by atoms with Crippen molar-refractivity contribution in [2.45, 2.75) is 13.1 Å². The van der Waals surface area contributed by atoms with Crippen LogP contribution in [0.1, 0.15) is 11.1 Å². The molecule has 1 heteroatoms. The van der Waals surface area contributed by atoms with Crippen LogP contribution in [0.5, 0.6) is 0 Å². The van der Waals surface area contributed by atoms with E-state index in [1.165, 1.54) is 43.8 Å². The monoisotopic (exact) mass is 388 g/mol. The van der Waals surface area contributed by atoms with E-state index in [1.807, 2.05) is 0 Å². The van der Waals surface area contributed by atoms with Crippen molar-refractivity contribution in [1.82, 2.24) is 0 Å². The molecular weight excluding hydrogens is 364 g/mol. The fourth-order valence-electron chi connectivity index (χ4n) is 4.43. The molecule has 4 aromatic rings. The molecule has 0 unspecified atom stereocenters. The van der Waals surface area contributed by atoms with Gasteiger partial charge in [0, 0.05) is 0 Å². The summed E-state index contributed by atoms with van der Waals surface area (Å²) < 4.78 is 0. The molecule has 0 spiro atoms. The first-order valence-corrected chi connectivity index (χ1v) is 13.2. The summed E-state index contributed by atoms with van der Waals surface area (Å²) in [5.41, 5.74) is 7.90. The first kappa shape index (κ1) is 17.9. The Morgan fingerprint density at radius 3 is 1.28 bits per heavy atom. The Labute approximate surface area is 174 Å². The zero-order valence-corrected chi connectivity index (χ0v) is 17.9. The SMILES string of the molecule is C[Si]1(C)c2cc(-c3ccccc3)ccc2C=Cc2ccc(-c3ccccc3)cc21.